The second kappa shape index (κ2) is 7.25. The number of aliphatic carboxylic acids is 1. The van der Waals surface area contributed by atoms with E-state index in [9.17, 15) is 9.59 Å². The molecule has 106 valence electrons. The van der Waals surface area contributed by atoms with Gasteiger partial charge in [0.05, 0.1) is 16.6 Å². The Balaban J connectivity index is 1.70. The number of carboxylic acids is 1. The number of carboxylic acid groups (broad SMARTS) is 1. The highest BCUT2D eigenvalue weighted by Gasteiger charge is 2.06. The van der Waals surface area contributed by atoms with Crippen LogP contribution in [0, 0.1) is 0 Å². The van der Waals surface area contributed by atoms with E-state index < -0.39 is 5.97 Å². The second-order valence-electron chi connectivity index (χ2n) is 4.04. The number of para-hydroxylation sites is 1. The minimum Gasteiger partial charge on any atom is -0.481 e. The molecule has 2 N–H and O–H groups in total. The molecule has 0 fully saturated rings. The molecule has 0 aliphatic heterocycles. The Bertz CT molecular complexity index is 579. The van der Waals surface area contributed by atoms with E-state index in [0.717, 1.165) is 20.3 Å². The molecule has 1 amide bonds. The maximum atomic E-state index is 11.3. The van der Waals surface area contributed by atoms with Gasteiger partial charge in [0.15, 0.2) is 4.34 Å². The number of amides is 1. The summed E-state index contributed by atoms with van der Waals surface area (Å²) >= 11 is 3.22. The van der Waals surface area contributed by atoms with E-state index in [2.05, 4.69) is 10.3 Å². The van der Waals surface area contributed by atoms with Crippen LogP contribution in [0.5, 0.6) is 0 Å². The molecule has 0 saturated carbocycles. The van der Waals surface area contributed by atoms with E-state index in [1.54, 1.807) is 23.1 Å². The van der Waals surface area contributed by atoms with Crippen LogP contribution < -0.4 is 5.32 Å². The van der Waals surface area contributed by atoms with Gasteiger partial charge in [-0.3, -0.25) is 9.59 Å². The fourth-order valence-electron chi connectivity index (χ4n) is 1.55. The number of benzene rings is 1. The van der Waals surface area contributed by atoms with Crippen molar-refractivity contribution in [2.45, 2.75) is 17.2 Å². The molecule has 0 saturated heterocycles. The second-order valence-corrected chi connectivity index (χ2v) is 6.41. The zero-order valence-corrected chi connectivity index (χ0v) is 12.3. The van der Waals surface area contributed by atoms with Gasteiger partial charge < -0.3 is 10.4 Å². The third-order valence-electron chi connectivity index (χ3n) is 2.49. The minimum atomic E-state index is -0.955. The van der Waals surface area contributed by atoms with Crippen LogP contribution >= 0.6 is 23.1 Å². The van der Waals surface area contributed by atoms with Crippen LogP contribution in [0.25, 0.3) is 10.2 Å². The third kappa shape index (κ3) is 4.50. The summed E-state index contributed by atoms with van der Waals surface area (Å²) in [6.07, 6.45) is -0.0992. The van der Waals surface area contributed by atoms with E-state index in [-0.39, 0.29) is 18.7 Å². The molecule has 0 unspecified atom stereocenters. The first kappa shape index (κ1) is 14.8. The average Bonchev–Trinajstić information content (AvgIpc) is 2.84. The molecular weight excluding hydrogens is 296 g/mol. The van der Waals surface area contributed by atoms with Crippen molar-refractivity contribution in [1.82, 2.24) is 10.3 Å². The van der Waals surface area contributed by atoms with Crippen molar-refractivity contribution in [3.05, 3.63) is 24.3 Å². The summed E-state index contributed by atoms with van der Waals surface area (Å²) in [4.78, 5) is 26.1. The van der Waals surface area contributed by atoms with Gasteiger partial charge >= 0.3 is 5.97 Å². The predicted molar refractivity (Wildman–Crippen MR) is 80.2 cm³/mol. The van der Waals surface area contributed by atoms with Crippen molar-refractivity contribution >= 4 is 45.2 Å². The van der Waals surface area contributed by atoms with Gasteiger partial charge in [-0.1, -0.05) is 23.9 Å². The lowest BCUT2D eigenvalue weighted by Crippen LogP contribution is -2.26. The van der Waals surface area contributed by atoms with Gasteiger partial charge in [0.1, 0.15) is 0 Å². The maximum absolute atomic E-state index is 11.3. The molecule has 1 aromatic carbocycles. The van der Waals surface area contributed by atoms with Crippen LogP contribution in [0.1, 0.15) is 12.8 Å². The lowest BCUT2D eigenvalue weighted by Gasteiger charge is -2.02. The van der Waals surface area contributed by atoms with Gasteiger partial charge in [-0.2, -0.15) is 0 Å². The first-order valence-electron chi connectivity index (χ1n) is 6.12. The number of aromatic nitrogens is 1. The van der Waals surface area contributed by atoms with Gasteiger partial charge in [-0.05, 0) is 12.1 Å². The standard InChI is InChI=1S/C13H14N2O3S2/c16-11(5-6-12(17)18)14-7-8-19-13-15-9-3-1-2-4-10(9)20-13/h1-4H,5-8H2,(H,14,16)(H,17,18). The van der Waals surface area contributed by atoms with Crippen molar-refractivity contribution in [3.63, 3.8) is 0 Å². The summed E-state index contributed by atoms with van der Waals surface area (Å²) < 4.78 is 2.13. The Kier molecular flexibility index (Phi) is 5.37. The molecule has 20 heavy (non-hydrogen) atoms. The van der Waals surface area contributed by atoms with Crippen molar-refractivity contribution in [2.24, 2.45) is 0 Å². The number of hydrogen-bond acceptors (Lipinski definition) is 5. The summed E-state index contributed by atoms with van der Waals surface area (Å²) in [6.45, 7) is 0.513. The lowest BCUT2D eigenvalue weighted by atomic mass is 10.3. The Morgan fingerprint density at radius 3 is 2.85 bits per heavy atom. The van der Waals surface area contributed by atoms with E-state index in [1.165, 1.54) is 0 Å². The number of hydrogen-bond donors (Lipinski definition) is 2. The predicted octanol–water partition coefficient (Wildman–Crippen LogP) is 2.37. The van der Waals surface area contributed by atoms with Gasteiger partial charge in [-0.25, -0.2) is 4.98 Å². The molecule has 1 aromatic heterocycles. The topological polar surface area (TPSA) is 79.3 Å². The maximum Gasteiger partial charge on any atom is 0.303 e. The molecule has 2 rings (SSSR count). The van der Waals surface area contributed by atoms with Crippen molar-refractivity contribution < 1.29 is 14.7 Å². The Morgan fingerprint density at radius 1 is 1.30 bits per heavy atom. The smallest absolute Gasteiger partial charge is 0.303 e. The molecule has 0 radical (unpaired) electrons. The minimum absolute atomic E-state index is 0.0289. The summed E-state index contributed by atoms with van der Waals surface area (Å²) in [5.41, 5.74) is 0.991. The molecule has 0 spiro atoms. The monoisotopic (exact) mass is 310 g/mol. The number of nitrogens with one attached hydrogen (secondary N) is 1. The molecule has 0 bridgehead atoms. The quantitative estimate of drug-likeness (QED) is 0.606. The molecular formula is C13H14N2O3S2. The van der Waals surface area contributed by atoms with E-state index in [4.69, 9.17) is 5.11 Å². The first-order chi connectivity index (χ1) is 9.65. The van der Waals surface area contributed by atoms with Gasteiger partial charge in [0.25, 0.3) is 0 Å². The number of thioether (sulfide) groups is 1. The Labute approximate surface area is 124 Å². The van der Waals surface area contributed by atoms with Crippen LogP contribution in [0.2, 0.25) is 0 Å². The van der Waals surface area contributed by atoms with Crippen LogP contribution in [-0.4, -0.2) is 34.3 Å². The normalized spacial score (nSPS) is 10.6. The summed E-state index contributed by atoms with van der Waals surface area (Å²) in [6, 6.07) is 7.95. The Hall–Kier alpha value is -1.60. The molecule has 0 aliphatic rings. The fraction of sp³-hybridized carbons (Fsp3) is 0.308. The fourth-order valence-corrected chi connectivity index (χ4v) is 3.54. The number of fused-ring (bicyclic) bond motifs is 1. The molecule has 0 atom stereocenters. The highest BCUT2D eigenvalue weighted by atomic mass is 32.2. The zero-order chi connectivity index (χ0) is 14.4. The summed E-state index contributed by atoms with van der Waals surface area (Å²) in [7, 11) is 0. The molecule has 0 aliphatic carbocycles. The first-order valence-corrected chi connectivity index (χ1v) is 7.92. The van der Waals surface area contributed by atoms with Gasteiger partial charge in [0, 0.05) is 18.7 Å². The number of carbonyl (C=O) groups is 2. The Morgan fingerprint density at radius 2 is 2.10 bits per heavy atom. The van der Waals surface area contributed by atoms with Gasteiger partial charge in [0.2, 0.25) is 5.91 Å². The number of carbonyl (C=O) groups excluding carboxylic acids is 1. The molecule has 1 heterocycles. The highest BCUT2D eigenvalue weighted by molar-refractivity contribution is 8.01. The van der Waals surface area contributed by atoms with E-state index in [0.29, 0.717) is 6.54 Å². The van der Waals surface area contributed by atoms with Crippen molar-refractivity contribution in [1.29, 1.82) is 0 Å². The number of nitrogens with zero attached hydrogens (tertiary/aromatic N) is 1. The van der Waals surface area contributed by atoms with Gasteiger partial charge in [-0.15, -0.1) is 11.3 Å². The molecule has 7 heteroatoms. The summed E-state index contributed by atoms with van der Waals surface area (Å²) in [5.74, 6) is -0.458. The van der Waals surface area contributed by atoms with Crippen molar-refractivity contribution in [2.75, 3.05) is 12.3 Å². The van der Waals surface area contributed by atoms with Crippen molar-refractivity contribution in [3.8, 4) is 0 Å². The van der Waals surface area contributed by atoms with E-state index in [1.807, 2.05) is 24.3 Å². The largest absolute Gasteiger partial charge is 0.481 e. The zero-order valence-electron chi connectivity index (χ0n) is 10.7. The van der Waals surface area contributed by atoms with Crippen LogP contribution in [0.15, 0.2) is 28.6 Å². The average molecular weight is 310 g/mol. The number of thiazole rings is 1. The highest BCUT2D eigenvalue weighted by Crippen LogP contribution is 2.28. The third-order valence-corrected chi connectivity index (χ3v) is 4.67. The van der Waals surface area contributed by atoms with Crippen LogP contribution in [0.3, 0.4) is 0 Å². The van der Waals surface area contributed by atoms with E-state index >= 15 is 0 Å². The summed E-state index contributed by atoms with van der Waals surface area (Å²) in [5, 5.41) is 11.2. The molecule has 5 nitrogen and oxygen atoms in total. The SMILES string of the molecule is O=C(O)CCC(=O)NCCSc1nc2ccccc2s1. The van der Waals surface area contributed by atoms with Crippen LogP contribution in [-0.2, 0) is 9.59 Å². The lowest BCUT2D eigenvalue weighted by molar-refractivity contribution is -0.138. The van der Waals surface area contributed by atoms with Crippen LogP contribution in [0.4, 0.5) is 0 Å². The molecule has 2 aromatic rings. The number of rotatable bonds is 7.